The number of nitrogens with zero attached hydrogens (tertiary/aromatic N) is 1. The van der Waals surface area contributed by atoms with Gasteiger partial charge in [-0.25, -0.2) is 0 Å². The van der Waals surface area contributed by atoms with Gasteiger partial charge >= 0.3 is 0 Å². The van der Waals surface area contributed by atoms with Crippen molar-refractivity contribution in [3.63, 3.8) is 0 Å². The zero-order valence-corrected chi connectivity index (χ0v) is 15.2. The Morgan fingerprint density at radius 2 is 1.91 bits per heavy atom. The van der Waals surface area contributed by atoms with E-state index < -0.39 is 0 Å². The van der Waals surface area contributed by atoms with Crippen LogP contribution >= 0.6 is 11.3 Å². The van der Waals surface area contributed by atoms with Gasteiger partial charge in [0.15, 0.2) is 0 Å². The summed E-state index contributed by atoms with van der Waals surface area (Å²) in [5.74, 6) is 1.29. The van der Waals surface area contributed by atoms with Gasteiger partial charge in [-0.1, -0.05) is 13.8 Å². The lowest BCUT2D eigenvalue weighted by atomic mass is 9.40. The number of rotatable bonds is 1. The Balaban J connectivity index is 1.46. The third-order valence-electron chi connectivity index (χ3n) is 7.17. The standard InChI is InChI=1S/C20H27NOS/c1-18-7-14-8-19(2,11-18)13-20(9-14,12-18)17(22)21-5-3-16-15(10-21)4-6-23-16/h4,6,14H,3,5,7-13H2,1-2H3/t14?,18-,19+,20?. The summed E-state index contributed by atoms with van der Waals surface area (Å²) in [6, 6.07) is 2.22. The first-order valence-corrected chi connectivity index (χ1v) is 10.1. The van der Waals surface area contributed by atoms with Crippen LogP contribution in [0.1, 0.15) is 62.8 Å². The van der Waals surface area contributed by atoms with Crippen molar-refractivity contribution in [1.29, 1.82) is 0 Å². The highest BCUT2D eigenvalue weighted by molar-refractivity contribution is 7.10. The van der Waals surface area contributed by atoms with Gasteiger partial charge in [0, 0.05) is 18.0 Å². The van der Waals surface area contributed by atoms with Crippen LogP contribution in [-0.2, 0) is 17.8 Å². The molecule has 1 amide bonds. The van der Waals surface area contributed by atoms with Gasteiger partial charge < -0.3 is 4.90 Å². The van der Waals surface area contributed by atoms with Crippen LogP contribution in [0.4, 0.5) is 0 Å². The van der Waals surface area contributed by atoms with Crippen molar-refractivity contribution in [2.75, 3.05) is 6.54 Å². The molecular weight excluding hydrogens is 302 g/mol. The number of thiophene rings is 1. The van der Waals surface area contributed by atoms with E-state index in [4.69, 9.17) is 0 Å². The fourth-order valence-electron chi connectivity index (χ4n) is 7.44. The van der Waals surface area contributed by atoms with Gasteiger partial charge in [-0.2, -0.15) is 0 Å². The van der Waals surface area contributed by atoms with Gasteiger partial charge in [0.05, 0.1) is 5.41 Å². The number of fused-ring (bicyclic) bond motifs is 1. The van der Waals surface area contributed by atoms with Gasteiger partial charge in [0.2, 0.25) is 5.91 Å². The fourth-order valence-corrected chi connectivity index (χ4v) is 8.33. The minimum absolute atomic E-state index is 0.0313. The molecule has 4 atom stereocenters. The zero-order chi connectivity index (χ0) is 15.9. The first-order chi connectivity index (χ1) is 10.9. The third kappa shape index (κ3) is 2.08. The monoisotopic (exact) mass is 329 g/mol. The molecule has 0 N–H and O–H groups in total. The summed E-state index contributed by atoms with van der Waals surface area (Å²) < 4.78 is 0. The van der Waals surface area contributed by atoms with Crippen molar-refractivity contribution in [3.8, 4) is 0 Å². The number of hydrogen-bond donors (Lipinski definition) is 0. The Morgan fingerprint density at radius 3 is 2.61 bits per heavy atom. The average Bonchev–Trinajstić information content (AvgIpc) is 2.89. The van der Waals surface area contributed by atoms with E-state index in [1.54, 1.807) is 0 Å². The number of amides is 1. The first-order valence-electron chi connectivity index (χ1n) is 9.24. The summed E-state index contributed by atoms with van der Waals surface area (Å²) >= 11 is 1.86. The maximum absolute atomic E-state index is 13.6. The van der Waals surface area contributed by atoms with Crippen LogP contribution in [-0.4, -0.2) is 17.4 Å². The molecule has 1 aromatic heterocycles. The predicted octanol–water partition coefficient (Wildman–Crippen LogP) is 4.63. The molecule has 23 heavy (non-hydrogen) atoms. The summed E-state index contributed by atoms with van der Waals surface area (Å²) in [4.78, 5) is 17.3. The van der Waals surface area contributed by atoms with Crippen molar-refractivity contribution in [3.05, 3.63) is 21.9 Å². The smallest absolute Gasteiger partial charge is 0.229 e. The van der Waals surface area contributed by atoms with E-state index in [9.17, 15) is 4.79 Å². The molecule has 0 radical (unpaired) electrons. The highest BCUT2D eigenvalue weighted by atomic mass is 32.1. The van der Waals surface area contributed by atoms with E-state index in [1.165, 1.54) is 36.1 Å². The quantitative estimate of drug-likeness (QED) is 0.735. The molecule has 4 bridgehead atoms. The lowest BCUT2D eigenvalue weighted by Gasteiger charge is -2.65. The molecule has 3 heteroatoms. The number of carbonyl (C=O) groups excluding carboxylic acids is 1. The van der Waals surface area contributed by atoms with Crippen molar-refractivity contribution >= 4 is 17.2 Å². The Labute approximate surface area is 143 Å². The summed E-state index contributed by atoms with van der Waals surface area (Å²) in [6.45, 7) is 6.72. The van der Waals surface area contributed by atoms with Crippen LogP contribution in [0, 0.1) is 22.2 Å². The highest BCUT2D eigenvalue weighted by Crippen LogP contribution is 2.69. The molecule has 2 unspecified atom stereocenters. The Bertz CT molecular complexity index is 659. The lowest BCUT2D eigenvalue weighted by Crippen LogP contribution is -2.60. The molecular formula is C20H27NOS. The van der Waals surface area contributed by atoms with Gasteiger partial charge in [-0.05, 0) is 78.7 Å². The molecule has 0 spiro atoms. The minimum Gasteiger partial charge on any atom is -0.337 e. The molecule has 4 fully saturated rings. The van der Waals surface area contributed by atoms with Crippen molar-refractivity contribution in [2.45, 2.75) is 65.3 Å². The maximum atomic E-state index is 13.6. The summed E-state index contributed by atoms with van der Waals surface area (Å²) in [5, 5.41) is 2.19. The zero-order valence-electron chi connectivity index (χ0n) is 14.4. The van der Waals surface area contributed by atoms with Gasteiger partial charge in [-0.15, -0.1) is 11.3 Å². The second kappa shape index (κ2) is 4.41. The van der Waals surface area contributed by atoms with Crippen LogP contribution in [0.5, 0.6) is 0 Å². The van der Waals surface area contributed by atoms with E-state index in [2.05, 4.69) is 30.2 Å². The van der Waals surface area contributed by atoms with Gasteiger partial charge in [0.25, 0.3) is 0 Å². The first kappa shape index (κ1) is 14.5. The topological polar surface area (TPSA) is 20.3 Å². The van der Waals surface area contributed by atoms with E-state index in [0.717, 1.165) is 38.3 Å². The van der Waals surface area contributed by atoms with Crippen LogP contribution in [0.15, 0.2) is 11.4 Å². The molecule has 6 rings (SSSR count). The molecule has 4 aliphatic carbocycles. The largest absolute Gasteiger partial charge is 0.337 e. The Morgan fingerprint density at radius 1 is 1.17 bits per heavy atom. The molecule has 1 aromatic rings. The van der Waals surface area contributed by atoms with Crippen LogP contribution in [0.3, 0.4) is 0 Å². The molecule has 2 nitrogen and oxygen atoms in total. The molecule has 2 heterocycles. The van der Waals surface area contributed by atoms with Crippen LogP contribution in [0.2, 0.25) is 0 Å². The molecule has 0 aromatic carbocycles. The fraction of sp³-hybridized carbons (Fsp3) is 0.750. The summed E-state index contributed by atoms with van der Waals surface area (Å²) in [5.41, 5.74) is 2.22. The third-order valence-corrected chi connectivity index (χ3v) is 8.20. The minimum atomic E-state index is -0.0313. The van der Waals surface area contributed by atoms with Crippen molar-refractivity contribution in [1.82, 2.24) is 4.90 Å². The lowest BCUT2D eigenvalue weighted by molar-refractivity contribution is -0.180. The van der Waals surface area contributed by atoms with Crippen molar-refractivity contribution in [2.24, 2.45) is 22.2 Å². The van der Waals surface area contributed by atoms with Gasteiger partial charge in [-0.3, -0.25) is 4.79 Å². The number of carbonyl (C=O) groups is 1. The Hall–Kier alpha value is -0.830. The molecule has 1 aliphatic heterocycles. The van der Waals surface area contributed by atoms with E-state index >= 15 is 0 Å². The maximum Gasteiger partial charge on any atom is 0.229 e. The van der Waals surface area contributed by atoms with E-state index in [1.807, 2.05) is 11.3 Å². The molecule has 4 saturated carbocycles. The predicted molar refractivity (Wildman–Crippen MR) is 93.3 cm³/mol. The van der Waals surface area contributed by atoms with Crippen molar-refractivity contribution < 1.29 is 4.79 Å². The summed E-state index contributed by atoms with van der Waals surface area (Å²) in [6.07, 6.45) is 8.62. The number of hydrogen-bond acceptors (Lipinski definition) is 2. The normalized spacial score (nSPS) is 44.4. The SMILES string of the molecule is C[C@]12CC3CC(C(=O)N4CCc5sccc5C4)(C1)C[C@@](C)(C3)C2. The second-order valence-corrected chi connectivity index (χ2v) is 10.8. The van der Waals surface area contributed by atoms with Crippen LogP contribution < -0.4 is 0 Å². The molecule has 5 aliphatic rings. The molecule has 124 valence electrons. The average molecular weight is 330 g/mol. The van der Waals surface area contributed by atoms with E-state index in [0.29, 0.717) is 16.7 Å². The second-order valence-electron chi connectivity index (χ2n) is 9.76. The Kier molecular flexibility index (Phi) is 2.78. The van der Waals surface area contributed by atoms with Crippen LogP contribution in [0.25, 0.3) is 0 Å². The molecule has 0 saturated heterocycles. The summed E-state index contributed by atoms with van der Waals surface area (Å²) in [7, 11) is 0. The van der Waals surface area contributed by atoms with E-state index in [-0.39, 0.29) is 5.41 Å². The van der Waals surface area contributed by atoms with Gasteiger partial charge in [0.1, 0.15) is 0 Å². The highest BCUT2D eigenvalue weighted by Gasteiger charge is 2.63.